The number of nitrogens with zero attached hydrogens (tertiary/aromatic N) is 2. The zero-order valence-electron chi connectivity index (χ0n) is 11.5. The second kappa shape index (κ2) is 4.81. The summed E-state index contributed by atoms with van der Waals surface area (Å²) in [5.41, 5.74) is 1.86. The Bertz CT molecular complexity index is 365. The fourth-order valence-corrected chi connectivity index (χ4v) is 2.27. The highest BCUT2D eigenvalue weighted by Gasteiger charge is 2.45. The molecule has 1 aromatic heterocycles. The molecule has 1 heterocycles. The van der Waals surface area contributed by atoms with Gasteiger partial charge in [-0.25, -0.2) is 4.98 Å². The van der Waals surface area contributed by atoms with Gasteiger partial charge in [0.1, 0.15) is 0 Å². The van der Waals surface area contributed by atoms with Gasteiger partial charge < -0.3 is 9.88 Å². The number of aromatic nitrogens is 2. The molecule has 1 aliphatic carbocycles. The Morgan fingerprint density at radius 3 is 2.82 bits per heavy atom. The SMILES string of the molecule is CC(C)CNCc1cncn1CC1CC1(C)C. The van der Waals surface area contributed by atoms with Crippen molar-refractivity contribution >= 4 is 0 Å². The van der Waals surface area contributed by atoms with Gasteiger partial charge in [0.15, 0.2) is 0 Å². The number of rotatable bonds is 6. The van der Waals surface area contributed by atoms with E-state index in [1.165, 1.54) is 12.1 Å². The quantitative estimate of drug-likeness (QED) is 0.821. The predicted molar refractivity (Wildman–Crippen MR) is 70.7 cm³/mol. The summed E-state index contributed by atoms with van der Waals surface area (Å²) in [4.78, 5) is 4.27. The minimum absolute atomic E-state index is 0.549. The lowest BCUT2D eigenvalue weighted by molar-refractivity contribution is 0.479. The topological polar surface area (TPSA) is 29.9 Å². The molecule has 1 atom stereocenters. The standard InChI is InChI=1S/C14H25N3/c1-11(2)6-15-7-13-8-16-10-17(13)9-12-5-14(12,3)4/h8,10-12,15H,5-7,9H2,1-4H3. The van der Waals surface area contributed by atoms with Crippen LogP contribution in [0.2, 0.25) is 0 Å². The molecule has 1 aliphatic rings. The van der Waals surface area contributed by atoms with Crippen LogP contribution < -0.4 is 5.32 Å². The average molecular weight is 235 g/mol. The summed E-state index contributed by atoms with van der Waals surface area (Å²) in [5.74, 6) is 1.54. The monoisotopic (exact) mass is 235 g/mol. The highest BCUT2D eigenvalue weighted by Crippen LogP contribution is 2.52. The lowest BCUT2D eigenvalue weighted by atomic mass is 10.1. The minimum atomic E-state index is 0.549. The summed E-state index contributed by atoms with van der Waals surface area (Å²) in [5, 5.41) is 3.48. The second-order valence-corrected chi connectivity index (χ2v) is 6.45. The molecule has 0 saturated heterocycles. The van der Waals surface area contributed by atoms with Crippen molar-refractivity contribution in [1.82, 2.24) is 14.9 Å². The second-order valence-electron chi connectivity index (χ2n) is 6.45. The number of hydrogen-bond acceptors (Lipinski definition) is 2. The van der Waals surface area contributed by atoms with E-state index in [4.69, 9.17) is 0 Å². The van der Waals surface area contributed by atoms with Gasteiger partial charge in [0.25, 0.3) is 0 Å². The lowest BCUT2D eigenvalue weighted by Crippen LogP contribution is -2.21. The third-order valence-electron chi connectivity index (χ3n) is 3.79. The molecule has 0 amide bonds. The van der Waals surface area contributed by atoms with Crippen LogP contribution in [0.3, 0.4) is 0 Å². The molecule has 1 N–H and O–H groups in total. The zero-order chi connectivity index (χ0) is 12.5. The molecule has 17 heavy (non-hydrogen) atoms. The lowest BCUT2D eigenvalue weighted by Gasteiger charge is -2.11. The van der Waals surface area contributed by atoms with Crippen LogP contribution in [0.5, 0.6) is 0 Å². The van der Waals surface area contributed by atoms with Crippen LogP contribution in [0.4, 0.5) is 0 Å². The van der Waals surface area contributed by atoms with E-state index < -0.39 is 0 Å². The van der Waals surface area contributed by atoms with E-state index >= 15 is 0 Å². The third kappa shape index (κ3) is 3.32. The van der Waals surface area contributed by atoms with Gasteiger partial charge in [-0.05, 0) is 30.2 Å². The highest BCUT2D eigenvalue weighted by atomic mass is 15.1. The molecule has 1 fully saturated rings. The molecule has 2 rings (SSSR count). The van der Waals surface area contributed by atoms with Crippen LogP contribution in [0.15, 0.2) is 12.5 Å². The van der Waals surface area contributed by atoms with Crippen LogP contribution in [0.25, 0.3) is 0 Å². The minimum Gasteiger partial charge on any atom is -0.333 e. The van der Waals surface area contributed by atoms with Gasteiger partial charge in [0, 0.05) is 19.3 Å². The fourth-order valence-electron chi connectivity index (χ4n) is 2.27. The summed E-state index contributed by atoms with van der Waals surface area (Å²) < 4.78 is 2.31. The molecule has 0 bridgehead atoms. The highest BCUT2D eigenvalue weighted by molar-refractivity contribution is 5.02. The average Bonchev–Trinajstić information content (AvgIpc) is 2.64. The van der Waals surface area contributed by atoms with Gasteiger partial charge in [-0.3, -0.25) is 0 Å². The fraction of sp³-hybridized carbons (Fsp3) is 0.786. The maximum atomic E-state index is 4.27. The molecule has 1 saturated carbocycles. The van der Waals surface area contributed by atoms with Crippen molar-refractivity contribution in [1.29, 1.82) is 0 Å². The molecule has 1 aromatic rings. The van der Waals surface area contributed by atoms with E-state index in [0.717, 1.165) is 25.6 Å². The number of imidazole rings is 1. The Morgan fingerprint density at radius 1 is 1.53 bits per heavy atom. The Balaban J connectivity index is 1.84. The first-order valence-corrected chi connectivity index (χ1v) is 6.69. The van der Waals surface area contributed by atoms with Gasteiger partial charge in [0.05, 0.1) is 12.0 Å². The zero-order valence-corrected chi connectivity index (χ0v) is 11.5. The van der Waals surface area contributed by atoms with Crippen molar-refractivity contribution in [2.24, 2.45) is 17.3 Å². The largest absolute Gasteiger partial charge is 0.333 e. The maximum Gasteiger partial charge on any atom is 0.0948 e. The van der Waals surface area contributed by atoms with Crippen LogP contribution in [-0.4, -0.2) is 16.1 Å². The van der Waals surface area contributed by atoms with Crippen molar-refractivity contribution in [2.75, 3.05) is 6.54 Å². The van der Waals surface area contributed by atoms with Gasteiger partial charge in [-0.2, -0.15) is 0 Å². The van der Waals surface area contributed by atoms with E-state index in [9.17, 15) is 0 Å². The van der Waals surface area contributed by atoms with Crippen LogP contribution in [-0.2, 0) is 13.1 Å². The van der Waals surface area contributed by atoms with Crippen molar-refractivity contribution in [3.05, 3.63) is 18.2 Å². The Labute approximate surface area is 105 Å². The van der Waals surface area contributed by atoms with Crippen LogP contribution in [0, 0.1) is 17.3 Å². The number of nitrogens with one attached hydrogen (secondary N) is 1. The predicted octanol–water partition coefficient (Wildman–Crippen LogP) is 2.67. The van der Waals surface area contributed by atoms with E-state index in [2.05, 4.69) is 42.6 Å². The summed E-state index contributed by atoms with van der Waals surface area (Å²) in [6.07, 6.45) is 5.31. The molecule has 3 nitrogen and oxygen atoms in total. The van der Waals surface area contributed by atoms with Crippen molar-refractivity contribution in [3.63, 3.8) is 0 Å². The summed E-state index contributed by atoms with van der Waals surface area (Å²) >= 11 is 0. The first kappa shape index (κ1) is 12.6. The third-order valence-corrected chi connectivity index (χ3v) is 3.79. The van der Waals surface area contributed by atoms with Crippen molar-refractivity contribution in [2.45, 2.75) is 47.2 Å². The molecule has 0 radical (unpaired) electrons. The van der Waals surface area contributed by atoms with Crippen molar-refractivity contribution in [3.8, 4) is 0 Å². The van der Waals surface area contributed by atoms with Gasteiger partial charge in [-0.1, -0.05) is 27.7 Å². The van der Waals surface area contributed by atoms with E-state index in [0.29, 0.717) is 11.3 Å². The molecule has 3 heteroatoms. The van der Waals surface area contributed by atoms with E-state index in [-0.39, 0.29) is 0 Å². The molecule has 0 aromatic carbocycles. The first-order valence-electron chi connectivity index (χ1n) is 6.69. The Kier molecular flexibility index (Phi) is 3.57. The van der Waals surface area contributed by atoms with Crippen molar-refractivity contribution < 1.29 is 0 Å². The molecular weight excluding hydrogens is 210 g/mol. The summed E-state index contributed by atoms with van der Waals surface area (Å²) in [6.45, 7) is 12.3. The molecule has 0 spiro atoms. The maximum absolute atomic E-state index is 4.27. The van der Waals surface area contributed by atoms with Gasteiger partial charge in [-0.15, -0.1) is 0 Å². The first-order chi connectivity index (χ1) is 7.99. The Morgan fingerprint density at radius 2 is 2.24 bits per heavy atom. The molecule has 0 aliphatic heterocycles. The normalized spacial score (nSPS) is 22.1. The number of hydrogen-bond donors (Lipinski definition) is 1. The molecule has 1 unspecified atom stereocenters. The van der Waals surface area contributed by atoms with Gasteiger partial charge in [0.2, 0.25) is 0 Å². The summed E-state index contributed by atoms with van der Waals surface area (Å²) in [7, 11) is 0. The van der Waals surface area contributed by atoms with E-state index in [1.807, 2.05) is 12.5 Å². The molecular formula is C14H25N3. The smallest absolute Gasteiger partial charge is 0.0948 e. The van der Waals surface area contributed by atoms with E-state index in [1.54, 1.807) is 0 Å². The van der Waals surface area contributed by atoms with Crippen LogP contribution >= 0.6 is 0 Å². The summed E-state index contributed by atoms with van der Waals surface area (Å²) in [6, 6.07) is 0. The molecule has 96 valence electrons. The Hall–Kier alpha value is -0.830. The van der Waals surface area contributed by atoms with Gasteiger partial charge >= 0.3 is 0 Å². The van der Waals surface area contributed by atoms with Crippen LogP contribution in [0.1, 0.15) is 39.8 Å².